The van der Waals surface area contributed by atoms with Gasteiger partial charge in [-0.15, -0.1) is 11.8 Å². The number of ether oxygens (including phenoxy) is 1. The molecule has 0 saturated heterocycles. The molecule has 4 rings (SSSR count). The third-order valence-electron chi connectivity index (χ3n) is 4.52. The number of rotatable bonds is 8. The molecule has 0 aliphatic heterocycles. The lowest BCUT2D eigenvalue weighted by Crippen LogP contribution is -2.14. The number of hydrogen-bond donors (Lipinski definition) is 1. The second-order valence-corrected chi connectivity index (χ2v) is 9.43. The van der Waals surface area contributed by atoms with E-state index in [2.05, 4.69) is 15.4 Å². The fraction of sp³-hybridized carbons (Fsp3) is 0.227. The van der Waals surface area contributed by atoms with Gasteiger partial charge in [0.25, 0.3) is 0 Å². The van der Waals surface area contributed by atoms with E-state index in [1.54, 1.807) is 23.6 Å². The lowest BCUT2D eigenvalue weighted by molar-refractivity contribution is -0.116. The molecule has 0 spiro atoms. The number of benzene rings is 2. The molecule has 0 bridgehead atoms. The molecule has 0 saturated carbocycles. The normalized spacial score (nSPS) is 11.1. The predicted molar refractivity (Wildman–Crippen MR) is 128 cm³/mol. The van der Waals surface area contributed by atoms with Crippen molar-refractivity contribution in [1.29, 1.82) is 0 Å². The van der Waals surface area contributed by atoms with Gasteiger partial charge in [0.1, 0.15) is 17.1 Å². The average molecular weight is 473 g/mol. The maximum Gasteiger partial charge on any atom is 0.225 e. The predicted octanol–water partition coefficient (Wildman–Crippen LogP) is 5.96. The Morgan fingerprint density at radius 3 is 2.81 bits per heavy atom. The Morgan fingerprint density at radius 1 is 1.26 bits per heavy atom. The van der Waals surface area contributed by atoms with E-state index in [0.717, 1.165) is 38.7 Å². The molecule has 0 atom stereocenters. The van der Waals surface area contributed by atoms with Gasteiger partial charge < -0.3 is 10.1 Å². The van der Waals surface area contributed by atoms with E-state index in [1.165, 1.54) is 11.3 Å². The third-order valence-corrected chi connectivity index (χ3v) is 6.91. The van der Waals surface area contributed by atoms with Gasteiger partial charge in [0, 0.05) is 17.4 Å². The zero-order valence-corrected chi connectivity index (χ0v) is 19.5. The summed E-state index contributed by atoms with van der Waals surface area (Å²) in [6, 6.07) is 15.4. The number of nitrogens with one attached hydrogen (secondary N) is 1. The molecule has 1 amide bonds. The van der Waals surface area contributed by atoms with Gasteiger partial charge in [0.2, 0.25) is 11.0 Å². The van der Waals surface area contributed by atoms with Crippen molar-refractivity contribution in [3.05, 3.63) is 59.2 Å². The van der Waals surface area contributed by atoms with Crippen LogP contribution in [-0.4, -0.2) is 33.5 Å². The topological polar surface area (TPSA) is 69.0 Å². The van der Waals surface area contributed by atoms with Crippen LogP contribution in [0.15, 0.2) is 53.4 Å². The molecular weight excluding hydrogens is 452 g/mol. The van der Waals surface area contributed by atoms with Crippen LogP contribution in [0.1, 0.15) is 18.5 Å². The van der Waals surface area contributed by atoms with Gasteiger partial charge in [0.15, 0.2) is 0 Å². The van der Waals surface area contributed by atoms with Crippen molar-refractivity contribution in [3.8, 4) is 10.9 Å². The first kappa shape index (κ1) is 21.7. The fourth-order valence-corrected chi connectivity index (χ4v) is 5.11. The summed E-state index contributed by atoms with van der Waals surface area (Å²) < 4.78 is 7.81. The molecule has 2 aromatic heterocycles. The molecule has 4 aromatic rings. The van der Waals surface area contributed by atoms with Crippen LogP contribution in [0, 0.1) is 6.92 Å². The minimum absolute atomic E-state index is 0.0457. The van der Waals surface area contributed by atoms with Crippen molar-refractivity contribution in [1.82, 2.24) is 14.8 Å². The number of aromatic nitrogens is 3. The van der Waals surface area contributed by atoms with Gasteiger partial charge in [-0.25, -0.2) is 4.98 Å². The number of nitrogens with zero attached hydrogens (tertiary/aromatic N) is 3. The monoisotopic (exact) mass is 472 g/mol. The zero-order valence-electron chi connectivity index (χ0n) is 17.1. The van der Waals surface area contributed by atoms with E-state index in [0.29, 0.717) is 22.4 Å². The first-order chi connectivity index (χ1) is 15.0. The number of methoxy groups -OCH3 is 1. The van der Waals surface area contributed by atoms with Crippen LogP contribution in [0.4, 0.5) is 5.82 Å². The van der Waals surface area contributed by atoms with Crippen LogP contribution in [0.2, 0.25) is 5.02 Å². The quantitative estimate of drug-likeness (QED) is 0.253. The number of thioether (sulfide) groups is 1. The first-order valence-electron chi connectivity index (χ1n) is 9.72. The van der Waals surface area contributed by atoms with E-state index in [1.807, 2.05) is 55.5 Å². The summed E-state index contributed by atoms with van der Waals surface area (Å²) in [5.74, 6) is 2.26. The number of para-hydroxylation sites is 1. The lowest BCUT2D eigenvalue weighted by atomic mass is 10.3. The van der Waals surface area contributed by atoms with E-state index < -0.39 is 0 Å². The van der Waals surface area contributed by atoms with E-state index in [4.69, 9.17) is 16.3 Å². The van der Waals surface area contributed by atoms with E-state index >= 15 is 0 Å². The van der Waals surface area contributed by atoms with Crippen molar-refractivity contribution in [2.24, 2.45) is 0 Å². The highest BCUT2D eigenvalue weighted by Gasteiger charge is 2.15. The van der Waals surface area contributed by atoms with Gasteiger partial charge in [-0.1, -0.05) is 29.0 Å². The molecule has 1 N–H and O–H groups in total. The summed E-state index contributed by atoms with van der Waals surface area (Å²) in [7, 11) is 1.65. The lowest BCUT2D eigenvalue weighted by Gasteiger charge is -2.07. The largest absolute Gasteiger partial charge is 0.497 e. The Balaban J connectivity index is 1.36. The Kier molecular flexibility index (Phi) is 6.80. The molecule has 0 aliphatic rings. The Morgan fingerprint density at radius 2 is 2.06 bits per heavy atom. The molecule has 0 fully saturated rings. The van der Waals surface area contributed by atoms with E-state index in [9.17, 15) is 4.79 Å². The molecule has 9 heteroatoms. The average Bonchev–Trinajstić information content (AvgIpc) is 3.35. The van der Waals surface area contributed by atoms with Crippen LogP contribution in [-0.2, 0) is 4.79 Å². The number of carbonyl (C=O) groups excluding carboxylic acids is 1. The van der Waals surface area contributed by atoms with Gasteiger partial charge in [-0.3, -0.25) is 4.79 Å². The molecule has 0 unspecified atom stereocenters. The van der Waals surface area contributed by atoms with Crippen LogP contribution in [0.5, 0.6) is 5.75 Å². The smallest absolute Gasteiger partial charge is 0.225 e. The number of aryl methyl sites for hydroxylation is 1. The molecule has 31 heavy (non-hydrogen) atoms. The van der Waals surface area contributed by atoms with E-state index in [-0.39, 0.29) is 5.91 Å². The van der Waals surface area contributed by atoms with Crippen molar-refractivity contribution >= 4 is 56.6 Å². The number of amides is 1. The zero-order chi connectivity index (χ0) is 21.8. The molecular formula is C22H21ClN4O2S2. The Labute approximate surface area is 193 Å². The number of fused-ring (bicyclic) bond motifs is 1. The van der Waals surface area contributed by atoms with Gasteiger partial charge in [0.05, 0.1) is 22.5 Å². The Hall–Kier alpha value is -2.55. The van der Waals surface area contributed by atoms with Gasteiger partial charge >= 0.3 is 0 Å². The standard InChI is InChI=1S/C22H21ClN4O2S2/c1-14-13-19(27(26-14)22-25-21-17(23)5-3-6-18(21)31-22)24-20(28)7-4-12-30-16-10-8-15(29-2)9-11-16/h3,5-6,8-11,13H,4,7,12H2,1-2H3,(H,24,28). The van der Waals surface area contributed by atoms with Crippen LogP contribution < -0.4 is 10.1 Å². The van der Waals surface area contributed by atoms with Gasteiger partial charge in [-0.05, 0) is 55.5 Å². The van der Waals surface area contributed by atoms with Crippen molar-refractivity contribution in [3.63, 3.8) is 0 Å². The highest BCUT2D eigenvalue weighted by molar-refractivity contribution is 7.99. The molecule has 2 heterocycles. The highest BCUT2D eigenvalue weighted by atomic mass is 35.5. The minimum atomic E-state index is -0.0457. The molecule has 6 nitrogen and oxygen atoms in total. The van der Waals surface area contributed by atoms with Gasteiger partial charge in [-0.2, -0.15) is 9.78 Å². The van der Waals surface area contributed by atoms with Crippen LogP contribution in [0.25, 0.3) is 15.3 Å². The molecule has 0 aliphatic carbocycles. The summed E-state index contributed by atoms with van der Waals surface area (Å²) in [5, 5.41) is 8.74. The van der Waals surface area contributed by atoms with Crippen molar-refractivity contribution < 1.29 is 9.53 Å². The third kappa shape index (κ3) is 5.20. The Bertz CT molecular complexity index is 1200. The van der Waals surface area contributed by atoms with Crippen LogP contribution in [0.3, 0.4) is 0 Å². The second-order valence-electron chi connectivity index (χ2n) is 6.84. The summed E-state index contributed by atoms with van der Waals surface area (Å²) >= 11 is 9.46. The number of halogens is 1. The minimum Gasteiger partial charge on any atom is -0.497 e. The fourth-order valence-electron chi connectivity index (χ4n) is 3.03. The van der Waals surface area contributed by atoms with Crippen molar-refractivity contribution in [2.75, 3.05) is 18.2 Å². The number of anilines is 1. The summed E-state index contributed by atoms with van der Waals surface area (Å²) in [6.07, 6.45) is 1.20. The first-order valence-corrected chi connectivity index (χ1v) is 11.9. The van der Waals surface area contributed by atoms with Crippen LogP contribution >= 0.6 is 34.7 Å². The number of carbonyl (C=O) groups is 1. The second kappa shape index (κ2) is 9.72. The summed E-state index contributed by atoms with van der Waals surface area (Å²) in [6.45, 7) is 1.89. The number of thiazole rings is 1. The SMILES string of the molecule is COc1ccc(SCCCC(=O)Nc2cc(C)nn2-c2nc3c(Cl)cccc3s2)cc1. The van der Waals surface area contributed by atoms with Crippen molar-refractivity contribution in [2.45, 2.75) is 24.7 Å². The number of hydrogen-bond acceptors (Lipinski definition) is 6. The molecule has 2 aromatic carbocycles. The molecule has 0 radical (unpaired) electrons. The maximum absolute atomic E-state index is 12.5. The maximum atomic E-state index is 12.5. The molecule has 160 valence electrons. The summed E-state index contributed by atoms with van der Waals surface area (Å²) in [5.41, 5.74) is 1.54. The summed E-state index contributed by atoms with van der Waals surface area (Å²) in [4.78, 5) is 18.3. The highest BCUT2D eigenvalue weighted by Crippen LogP contribution is 2.31.